The summed E-state index contributed by atoms with van der Waals surface area (Å²) < 4.78 is 19.5. The Kier molecular flexibility index (Phi) is 7.76. The van der Waals surface area contributed by atoms with E-state index in [1.807, 2.05) is 6.20 Å². The van der Waals surface area contributed by atoms with Crippen LogP contribution in [0.2, 0.25) is 0 Å². The molecule has 4 rings (SSSR count). The van der Waals surface area contributed by atoms with E-state index in [1.54, 1.807) is 6.08 Å². The third-order valence-electron chi connectivity index (χ3n) is 6.93. The highest BCUT2D eigenvalue weighted by atomic mass is 19.1. The van der Waals surface area contributed by atoms with Crippen LogP contribution in [0.15, 0.2) is 43.2 Å². The molecular weight excluding hydrogens is 459 g/mol. The fourth-order valence-corrected chi connectivity index (χ4v) is 5.00. The van der Waals surface area contributed by atoms with Crippen LogP contribution in [0.5, 0.6) is 5.88 Å². The van der Waals surface area contributed by atoms with Gasteiger partial charge in [0.05, 0.1) is 18.3 Å². The van der Waals surface area contributed by atoms with E-state index in [4.69, 9.17) is 4.74 Å². The number of fused-ring (bicyclic) bond motifs is 1. The lowest BCUT2D eigenvalue weighted by atomic mass is 9.73. The number of ether oxygens (including phenoxy) is 1. The topological polar surface area (TPSA) is 96.4 Å². The molecule has 3 N–H and O–H groups in total. The summed E-state index contributed by atoms with van der Waals surface area (Å²) in [6, 6.07) is 4.08. The van der Waals surface area contributed by atoms with Crippen molar-refractivity contribution >= 4 is 5.91 Å². The van der Waals surface area contributed by atoms with E-state index in [-0.39, 0.29) is 29.3 Å². The van der Waals surface area contributed by atoms with E-state index in [0.29, 0.717) is 12.3 Å². The van der Waals surface area contributed by atoms with Gasteiger partial charge in [0.25, 0.3) is 5.91 Å². The fourth-order valence-electron chi connectivity index (χ4n) is 5.00. The lowest BCUT2D eigenvalue weighted by molar-refractivity contribution is -0.0420. The van der Waals surface area contributed by atoms with Crippen LogP contribution in [0, 0.1) is 11.2 Å². The highest BCUT2D eigenvalue weighted by molar-refractivity contribution is 5.92. The van der Waals surface area contributed by atoms with Gasteiger partial charge in [-0.15, -0.1) is 6.58 Å². The van der Waals surface area contributed by atoms with Gasteiger partial charge in [0.1, 0.15) is 17.1 Å². The first-order valence-corrected chi connectivity index (χ1v) is 12.7. The minimum absolute atomic E-state index is 0.0185. The number of nitrogens with one attached hydrogen (secondary N) is 2. The number of hydrogen-bond acceptors (Lipinski definition) is 6. The molecule has 1 spiro atoms. The van der Waals surface area contributed by atoms with Gasteiger partial charge in [-0.2, -0.15) is 0 Å². The summed E-state index contributed by atoms with van der Waals surface area (Å²) in [7, 11) is 0. The average Bonchev–Trinajstić information content (AvgIpc) is 2.80. The molecule has 7 nitrogen and oxygen atoms in total. The van der Waals surface area contributed by atoms with E-state index in [2.05, 4.69) is 54.0 Å². The third kappa shape index (κ3) is 6.28. The first-order chi connectivity index (χ1) is 17.1. The van der Waals surface area contributed by atoms with Crippen molar-refractivity contribution in [2.75, 3.05) is 6.54 Å². The number of rotatable bonds is 9. The molecule has 3 heterocycles. The number of carbonyl (C=O) groups is 1. The van der Waals surface area contributed by atoms with Crippen molar-refractivity contribution in [3.8, 4) is 5.88 Å². The number of pyridine rings is 2. The zero-order chi connectivity index (χ0) is 25.9. The Balaban J connectivity index is 1.46. The third-order valence-corrected chi connectivity index (χ3v) is 6.93. The molecule has 0 unspecified atom stereocenters. The largest absolute Gasteiger partial charge is 0.471 e. The van der Waals surface area contributed by atoms with Crippen molar-refractivity contribution in [3.63, 3.8) is 0 Å². The van der Waals surface area contributed by atoms with E-state index < -0.39 is 23.9 Å². The van der Waals surface area contributed by atoms with E-state index in [1.165, 1.54) is 12.1 Å². The second kappa shape index (κ2) is 10.6. The summed E-state index contributed by atoms with van der Waals surface area (Å²) in [6.45, 7) is 10.6. The second-order valence-electron chi connectivity index (χ2n) is 11.3. The van der Waals surface area contributed by atoms with Gasteiger partial charge in [-0.05, 0) is 61.3 Å². The molecular formula is C28H37FN4O3. The average molecular weight is 497 g/mol. The smallest absolute Gasteiger partial charge is 0.270 e. The number of halogens is 1. The molecule has 1 amide bonds. The first kappa shape index (κ1) is 26.2. The van der Waals surface area contributed by atoms with Gasteiger partial charge in [-0.25, -0.2) is 14.4 Å². The molecule has 2 aromatic heterocycles. The van der Waals surface area contributed by atoms with Crippen molar-refractivity contribution in [2.24, 2.45) is 5.41 Å². The Labute approximate surface area is 212 Å². The predicted octanol–water partition coefficient (Wildman–Crippen LogP) is 4.28. The predicted molar refractivity (Wildman–Crippen MR) is 136 cm³/mol. The number of aliphatic hydroxyl groups is 1. The lowest BCUT2D eigenvalue weighted by Gasteiger charge is -2.47. The number of hydrogen-bond donors (Lipinski definition) is 3. The molecule has 0 aromatic carbocycles. The summed E-state index contributed by atoms with van der Waals surface area (Å²) in [5.74, 6) is -0.315. The monoisotopic (exact) mass is 496 g/mol. The summed E-state index contributed by atoms with van der Waals surface area (Å²) in [5, 5.41) is 17.4. The second-order valence-corrected chi connectivity index (χ2v) is 11.3. The van der Waals surface area contributed by atoms with Gasteiger partial charge >= 0.3 is 0 Å². The fraction of sp³-hybridized carbons (Fsp3) is 0.536. The van der Waals surface area contributed by atoms with Crippen LogP contribution in [-0.4, -0.2) is 45.3 Å². The standard InChI is InChI=1S/C28H37FN4O3/c1-5-7-21(33-25(35)22-9-8-19(29)16-30-22)24(34)17-31-23-14-28(10-6-11-28)36-26-20(23)12-18(15-32-26)13-27(2,3)4/h5,8-9,12,15-16,21,23-24,31,34H,1,6-7,10-11,13-14,17H2,2-4H3,(H,33,35)/t21-,23-,24+/m0/s1. The van der Waals surface area contributed by atoms with E-state index >= 15 is 0 Å². The quantitative estimate of drug-likeness (QED) is 0.449. The molecule has 36 heavy (non-hydrogen) atoms. The van der Waals surface area contributed by atoms with Crippen LogP contribution in [0.1, 0.15) is 80.5 Å². The minimum Gasteiger partial charge on any atom is -0.471 e. The van der Waals surface area contributed by atoms with Crippen molar-refractivity contribution in [1.82, 2.24) is 20.6 Å². The minimum atomic E-state index is -0.873. The zero-order valence-corrected chi connectivity index (χ0v) is 21.4. The summed E-state index contributed by atoms with van der Waals surface area (Å²) in [4.78, 5) is 21.1. The molecule has 0 radical (unpaired) electrons. The summed E-state index contributed by atoms with van der Waals surface area (Å²) >= 11 is 0. The SMILES string of the molecule is C=CC[C@H](NC(=O)c1ccc(F)cn1)[C@H](O)CN[C@H]1CC2(CCC2)Oc2ncc(CC(C)(C)C)cc21. The molecule has 8 heteroatoms. The van der Waals surface area contributed by atoms with Crippen LogP contribution in [0.3, 0.4) is 0 Å². The Morgan fingerprint density at radius 1 is 1.33 bits per heavy atom. The molecule has 1 saturated carbocycles. The number of nitrogens with zero attached hydrogens (tertiary/aromatic N) is 2. The number of aliphatic hydroxyl groups excluding tert-OH is 1. The van der Waals surface area contributed by atoms with Gasteiger partial charge in [-0.3, -0.25) is 4.79 Å². The maximum Gasteiger partial charge on any atom is 0.270 e. The zero-order valence-electron chi connectivity index (χ0n) is 21.4. The van der Waals surface area contributed by atoms with Crippen LogP contribution < -0.4 is 15.4 Å². The van der Waals surface area contributed by atoms with Crippen molar-refractivity contribution in [3.05, 3.63) is 65.9 Å². The molecule has 2 aliphatic rings. The normalized spacial score (nSPS) is 20.0. The molecule has 3 atom stereocenters. The molecule has 0 bridgehead atoms. The van der Waals surface area contributed by atoms with Gasteiger partial charge in [0, 0.05) is 30.8 Å². The highest BCUT2D eigenvalue weighted by Crippen LogP contribution is 2.48. The molecule has 0 saturated heterocycles. The summed E-state index contributed by atoms with van der Waals surface area (Å²) in [5.41, 5.74) is 2.20. The molecule has 1 aliphatic heterocycles. The molecule has 1 aliphatic carbocycles. The number of amides is 1. The summed E-state index contributed by atoms with van der Waals surface area (Å²) in [6.07, 6.45) is 8.91. The Bertz CT molecular complexity index is 1080. The first-order valence-electron chi connectivity index (χ1n) is 12.7. The van der Waals surface area contributed by atoms with Crippen molar-refractivity contribution in [1.29, 1.82) is 0 Å². The van der Waals surface area contributed by atoms with Crippen LogP contribution in [0.4, 0.5) is 4.39 Å². The number of carbonyl (C=O) groups excluding carboxylic acids is 1. The van der Waals surface area contributed by atoms with Gasteiger partial charge < -0.3 is 20.5 Å². The van der Waals surface area contributed by atoms with E-state index in [0.717, 1.165) is 49.4 Å². The Hall–Kier alpha value is -2.84. The maximum absolute atomic E-state index is 13.2. The van der Waals surface area contributed by atoms with Gasteiger partial charge in [0.2, 0.25) is 5.88 Å². The number of aromatic nitrogens is 2. The Morgan fingerprint density at radius 3 is 2.72 bits per heavy atom. The molecule has 2 aromatic rings. The van der Waals surface area contributed by atoms with Crippen LogP contribution in [-0.2, 0) is 6.42 Å². The van der Waals surface area contributed by atoms with Crippen LogP contribution >= 0.6 is 0 Å². The van der Waals surface area contributed by atoms with Crippen LogP contribution in [0.25, 0.3) is 0 Å². The van der Waals surface area contributed by atoms with Crippen molar-refractivity contribution < 1.29 is 19.0 Å². The highest BCUT2D eigenvalue weighted by Gasteiger charge is 2.46. The molecule has 1 fully saturated rings. The van der Waals surface area contributed by atoms with E-state index in [9.17, 15) is 14.3 Å². The van der Waals surface area contributed by atoms with Crippen molar-refractivity contribution in [2.45, 2.75) is 83.1 Å². The van der Waals surface area contributed by atoms with Gasteiger partial charge in [-0.1, -0.05) is 26.8 Å². The van der Waals surface area contributed by atoms with Gasteiger partial charge in [0.15, 0.2) is 0 Å². The lowest BCUT2D eigenvalue weighted by Crippen LogP contribution is -2.52. The maximum atomic E-state index is 13.2. The Morgan fingerprint density at radius 2 is 2.11 bits per heavy atom. The molecule has 194 valence electrons.